The van der Waals surface area contributed by atoms with Gasteiger partial charge in [-0.25, -0.2) is 0 Å². The molecule has 1 rings (SSSR count). The number of hydrogen-bond acceptors (Lipinski definition) is 6. The zero-order chi connectivity index (χ0) is 16.7. The number of oxime groups is 1. The number of amidine groups is 1. The summed E-state index contributed by atoms with van der Waals surface area (Å²) >= 11 is 6.07. The summed E-state index contributed by atoms with van der Waals surface area (Å²) < 4.78 is 5.42. The van der Waals surface area contributed by atoms with Gasteiger partial charge in [-0.3, -0.25) is 4.79 Å². The Morgan fingerprint density at radius 3 is 2.77 bits per heavy atom. The Kier molecular flexibility index (Phi) is 6.90. The first-order chi connectivity index (χ1) is 10.4. The molecule has 0 aliphatic heterocycles. The van der Waals surface area contributed by atoms with Crippen molar-refractivity contribution in [1.82, 2.24) is 5.32 Å². The number of carbonyl (C=O) groups is 1. The van der Waals surface area contributed by atoms with Gasteiger partial charge in [-0.2, -0.15) is 0 Å². The van der Waals surface area contributed by atoms with Crippen molar-refractivity contribution in [3.63, 3.8) is 0 Å². The summed E-state index contributed by atoms with van der Waals surface area (Å²) in [7, 11) is 0. The number of aliphatic hydroxyl groups excluding tert-OH is 2. The molecule has 0 bridgehead atoms. The average molecular weight is 332 g/mol. The number of amides is 1. The second kappa shape index (κ2) is 8.42. The maximum atomic E-state index is 10.9. The predicted molar refractivity (Wildman–Crippen MR) is 80.3 cm³/mol. The number of nitrogens with two attached hydrogens (primary N) is 1. The Hall–Kier alpha value is -2.03. The van der Waals surface area contributed by atoms with Gasteiger partial charge in [0.25, 0.3) is 0 Å². The molecule has 0 radical (unpaired) electrons. The van der Waals surface area contributed by atoms with E-state index in [1.165, 1.54) is 6.07 Å². The molecule has 1 amide bonds. The van der Waals surface area contributed by atoms with E-state index in [0.29, 0.717) is 16.9 Å². The molecule has 1 atom stereocenters. The molecule has 0 aromatic heterocycles. The van der Waals surface area contributed by atoms with Gasteiger partial charge in [0.05, 0.1) is 5.02 Å². The van der Waals surface area contributed by atoms with Crippen molar-refractivity contribution in [3.8, 4) is 5.75 Å². The summed E-state index contributed by atoms with van der Waals surface area (Å²) in [5.41, 5.74) is 6.56. The molecule has 0 fully saturated rings. The quantitative estimate of drug-likeness (QED) is 0.199. The maximum absolute atomic E-state index is 10.9. The molecule has 0 saturated heterocycles. The standard InChI is InChI=1S/C13H18ClN3O5/c1-7-2-8(13(15)17-21)3-10(14)12(7)22-6-9(19)4-16-11(20)5-18/h2-3,9,18-19,21H,4-6H2,1H3,(H2,15,17)(H,16,20). The zero-order valence-electron chi connectivity index (χ0n) is 11.9. The summed E-state index contributed by atoms with van der Waals surface area (Å²) in [5, 5.41) is 32.3. The number of nitrogens with zero attached hydrogens (tertiary/aromatic N) is 1. The van der Waals surface area contributed by atoms with Gasteiger partial charge in [0, 0.05) is 12.1 Å². The molecule has 0 saturated carbocycles. The molecular formula is C13H18ClN3O5. The third kappa shape index (κ3) is 5.06. The Bertz CT molecular complexity index is 542. The summed E-state index contributed by atoms with van der Waals surface area (Å²) in [4.78, 5) is 10.9. The van der Waals surface area contributed by atoms with Gasteiger partial charge in [0.15, 0.2) is 5.84 Å². The van der Waals surface area contributed by atoms with Crippen LogP contribution in [0.15, 0.2) is 17.3 Å². The molecule has 9 heteroatoms. The van der Waals surface area contributed by atoms with E-state index in [4.69, 9.17) is 32.4 Å². The molecular weight excluding hydrogens is 314 g/mol. The highest BCUT2D eigenvalue weighted by Gasteiger charge is 2.13. The minimum absolute atomic E-state index is 0.0573. The molecule has 1 aromatic rings. The zero-order valence-corrected chi connectivity index (χ0v) is 12.7. The van der Waals surface area contributed by atoms with E-state index in [9.17, 15) is 9.90 Å². The Labute approximate surface area is 132 Å². The number of nitrogens with one attached hydrogen (secondary N) is 1. The van der Waals surface area contributed by atoms with Crippen LogP contribution in [0, 0.1) is 6.92 Å². The highest BCUT2D eigenvalue weighted by molar-refractivity contribution is 6.32. The largest absolute Gasteiger partial charge is 0.489 e. The topological polar surface area (TPSA) is 137 Å². The first kappa shape index (κ1) is 18.0. The Morgan fingerprint density at radius 1 is 1.55 bits per heavy atom. The Balaban J connectivity index is 2.68. The smallest absolute Gasteiger partial charge is 0.245 e. The number of hydrogen-bond donors (Lipinski definition) is 5. The van der Waals surface area contributed by atoms with Crippen molar-refractivity contribution in [3.05, 3.63) is 28.3 Å². The number of halogens is 1. The minimum atomic E-state index is -0.963. The summed E-state index contributed by atoms with van der Waals surface area (Å²) in [5.74, 6) is -0.316. The van der Waals surface area contributed by atoms with E-state index in [1.54, 1.807) is 13.0 Å². The highest BCUT2D eigenvalue weighted by Crippen LogP contribution is 2.30. The van der Waals surface area contributed by atoms with Gasteiger partial charge in [-0.15, -0.1) is 0 Å². The first-order valence-corrected chi connectivity index (χ1v) is 6.73. The van der Waals surface area contributed by atoms with Crippen LogP contribution in [0.2, 0.25) is 5.02 Å². The lowest BCUT2D eigenvalue weighted by Crippen LogP contribution is -2.36. The van der Waals surface area contributed by atoms with E-state index in [-0.39, 0.29) is 24.0 Å². The van der Waals surface area contributed by atoms with Crippen LogP contribution in [0.3, 0.4) is 0 Å². The minimum Gasteiger partial charge on any atom is -0.489 e. The molecule has 0 aliphatic carbocycles. The fourth-order valence-corrected chi connectivity index (χ4v) is 1.97. The highest BCUT2D eigenvalue weighted by atomic mass is 35.5. The third-order valence-electron chi connectivity index (χ3n) is 2.73. The van der Waals surface area contributed by atoms with Crippen LogP contribution in [0.1, 0.15) is 11.1 Å². The predicted octanol–water partition coefficient (Wildman–Crippen LogP) is -0.409. The van der Waals surface area contributed by atoms with Crippen LogP contribution in [-0.4, -0.2) is 53.0 Å². The lowest BCUT2D eigenvalue weighted by molar-refractivity contribution is -0.124. The second-order valence-corrected chi connectivity index (χ2v) is 4.92. The van der Waals surface area contributed by atoms with E-state index in [1.807, 2.05) is 0 Å². The van der Waals surface area contributed by atoms with Gasteiger partial charge < -0.3 is 31.2 Å². The average Bonchev–Trinajstić information content (AvgIpc) is 2.50. The lowest BCUT2D eigenvalue weighted by atomic mass is 10.1. The molecule has 122 valence electrons. The molecule has 0 heterocycles. The van der Waals surface area contributed by atoms with Crippen molar-refractivity contribution >= 4 is 23.3 Å². The fourth-order valence-electron chi connectivity index (χ4n) is 1.65. The van der Waals surface area contributed by atoms with Gasteiger partial charge in [0.1, 0.15) is 25.1 Å². The normalized spacial score (nSPS) is 12.8. The number of ether oxygens (including phenoxy) is 1. The number of carbonyl (C=O) groups excluding carboxylic acids is 1. The fraction of sp³-hybridized carbons (Fsp3) is 0.385. The van der Waals surface area contributed by atoms with Crippen LogP contribution in [-0.2, 0) is 4.79 Å². The molecule has 0 spiro atoms. The van der Waals surface area contributed by atoms with Crippen LogP contribution < -0.4 is 15.8 Å². The SMILES string of the molecule is Cc1cc(/C(N)=N/O)cc(Cl)c1OCC(O)CNC(=O)CO. The van der Waals surface area contributed by atoms with Crippen molar-refractivity contribution in [1.29, 1.82) is 0 Å². The van der Waals surface area contributed by atoms with Gasteiger partial charge in [-0.05, 0) is 24.6 Å². The first-order valence-electron chi connectivity index (χ1n) is 6.35. The van der Waals surface area contributed by atoms with Crippen molar-refractivity contribution < 1.29 is 25.0 Å². The maximum Gasteiger partial charge on any atom is 0.245 e. The molecule has 22 heavy (non-hydrogen) atoms. The number of benzene rings is 1. The van der Waals surface area contributed by atoms with Gasteiger partial charge >= 0.3 is 0 Å². The van der Waals surface area contributed by atoms with E-state index < -0.39 is 18.6 Å². The lowest BCUT2D eigenvalue weighted by Gasteiger charge is -2.16. The van der Waals surface area contributed by atoms with E-state index in [0.717, 1.165) is 0 Å². The van der Waals surface area contributed by atoms with E-state index >= 15 is 0 Å². The number of aryl methyl sites for hydroxylation is 1. The van der Waals surface area contributed by atoms with Crippen LogP contribution >= 0.6 is 11.6 Å². The van der Waals surface area contributed by atoms with Crippen LogP contribution in [0.5, 0.6) is 5.75 Å². The Morgan fingerprint density at radius 2 is 2.23 bits per heavy atom. The summed E-state index contributed by atoms with van der Waals surface area (Å²) in [6.07, 6.45) is -0.963. The summed E-state index contributed by atoms with van der Waals surface area (Å²) in [6, 6.07) is 3.09. The number of rotatable bonds is 7. The molecule has 1 unspecified atom stereocenters. The van der Waals surface area contributed by atoms with Crippen LogP contribution in [0.25, 0.3) is 0 Å². The monoisotopic (exact) mass is 331 g/mol. The van der Waals surface area contributed by atoms with Crippen molar-refractivity contribution in [2.24, 2.45) is 10.9 Å². The van der Waals surface area contributed by atoms with E-state index in [2.05, 4.69) is 10.5 Å². The second-order valence-electron chi connectivity index (χ2n) is 4.52. The molecule has 8 nitrogen and oxygen atoms in total. The molecule has 6 N–H and O–H groups in total. The van der Waals surface area contributed by atoms with Crippen LogP contribution in [0.4, 0.5) is 0 Å². The van der Waals surface area contributed by atoms with Crippen molar-refractivity contribution in [2.75, 3.05) is 19.8 Å². The molecule has 0 aliphatic rings. The number of aliphatic hydroxyl groups is 2. The third-order valence-corrected chi connectivity index (χ3v) is 3.01. The molecule has 1 aromatic carbocycles. The van der Waals surface area contributed by atoms with Crippen molar-refractivity contribution in [2.45, 2.75) is 13.0 Å². The summed E-state index contributed by atoms with van der Waals surface area (Å²) in [6.45, 7) is 0.913. The van der Waals surface area contributed by atoms with Gasteiger partial charge in [-0.1, -0.05) is 16.8 Å². The van der Waals surface area contributed by atoms with Gasteiger partial charge in [0.2, 0.25) is 5.91 Å².